The van der Waals surface area contributed by atoms with Crippen molar-refractivity contribution in [2.75, 3.05) is 6.61 Å². The lowest BCUT2D eigenvalue weighted by molar-refractivity contribution is -0.139. The highest BCUT2D eigenvalue weighted by molar-refractivity contribution is 5.66. The topological polar surface area (TPSA) is 46.5 Å². The molecule has 3 heteroatoms. The summed E-state index contributed by atoms with van der Waals surface area (Å²) >= 11 is 0. The van der Waals surface area contributed by atoms with Gasteiger partial charge >= 0.3 is 5.97 Å². The number of allylic oxidation sites excluding steroid dienone is 1. The third-order valence-electron chi connectivity index (χ3n) is 10.9. The van der Waals surface area contributed by atoms with E-state index in [1.807, 2.05) is 0 Å². The Bertz CT molecular complexity index is 726. The van der Waals surface area contributed by atoms with Gasteiger partial charge in [-0.15, -0.1) is 0 Å². The first-order valence-corrected chi connectivity index (χ1v) is 14.2. The number of carboxylic acid groups (broad SMARTS) is 1. The lowest BCUT2D eigenvalue weighted by Crippen LogP contribution is -2.51. The lowest BCUT2D eigenvalue weighted by atomic mass is 9.47. The molecule has 0 saturated heterocycles. The molecule has 0 amide bonds. The summed E-state index contributed by atoms with van der Waals surface area (Å²) in [5, 5.41) is 8.92. The maximum Gasteiger partial charge on any atom is 0.305 e. The summed E-state index contributed by atoms with van der Waals surface area (Å²) in [6.07, 6.45) is 17.5. The van der Waals surface area contributed by atoms with Gasteiger partial charge in [0.15, 0.2) is 0 Å². The van der Waals surface area contributed by atoms with E-state index >= 15 is 0 Å². The summed E-state index contributed by atoms with van der Waals surface area (Å²) in [6.45, 7) is 12.9. The number of ether oxygens (including phenoxy) is 1. The smallest absolute Gasteiger partial charge is 0.305 e. The highest BCUT2D eigenvalue weighted by atomic mass is 16.5. The highest BCUT2D eigenvalue weighted by Gasteiger charge is 2.59. The van der Waals surface area contributed by atoms with E-state index in [0.717, 1.165) is 48.3 Å². The Hall–Kier alpha value is -0.830. The molecule has 3 fully saturated rings. The Balaban J connectivity index is 1.41. The second-order valence-corrected chi connectivity index (χ2v) is 13.2. The quantitative estimate of drug-likeness (QED) is 0.357. The molecular weight excluding hydrogens is 408 g/mol. The third-order valence-corrected chi connectivity index (χ3v) is 10.9. The third kappa shape index (κ3) is 4.95. The molecule has 33 heavy (non-hydrogen) atoms. The molecule has 4 aliphatic carbocycles. The minimum Gasteiger partial charge on any atom is -0.481 e. The molecule has 0 aromatic heterocycles. The Morgan fingerprint density at radius 1 is 1.09 bits per heavy atom. The van der Waals surface area contributed by atoms with Gasteiger partial charge in [0.05, 0.1) is 19.1 Å². The molecule has 0 radical (unpaired) electrons. The summed E-state index contributed by atoms with van der Waals surface area (Å²) in [6, 6.07) is 0. The maximum atomic E-state index is 10.8. The van der Waals surface area contributed by atoms with Crippen LogP contribution in [-0.4, -0.2) is 23.8 Å². The molecule has 4 aliphatic rings. The first kappa shape index (κ1) is 25.3. The van der Waals surface area contributed by atoms with Crippen LogP contribution in [0.25, 0.3) is 0 Å². The van der Waals surface area contributed by atoms with Gasteiger partial charge in [0, 0.05) is 0 Å². The summed E-state index contributed by atoms with van der Waals surface area (Å²) < 4.78 is 5.97. The van der Waals surface area contributed by atoms with Crippen LogP contribution in [0.1, 0.15) is 112 Å². The molecule has 0 bridgehead atoms. The van der Waals surface area contributed by atoms with Crippen LogP contribution < -0.4 is 0 Å². The molecule has 0 spiro atoms. The average Bonchev–Trinajstić information content (AvgIpc) is 3.10. The Morgan fingerprint density at radius 2 is 1.88 bits per heavy atom. The predicted molar refractivity (Wildman–Crippen MR) is 135 cm³/mol. The summed E-state index contributed by atoms with van der Waals surface area (Å²) in [5.41, 5.74) is 2.53. The van der Waals surface area contributed by atoms with E-state index in [1.165, 1.54) is 57.8 Å². The van der Waals surface area contributed by atoms with Crippen LogP contribution in [0.3, 0.4) is 0 Å². The summed E-state index contributed by atoms with van der Waals surface area (Å²) in [7, 11) is 0. The van der Waals surface area contributed by atoms with E-state index in [9.17, 15) is 4.79 Å². The fourth-order valence-electron chi connectivity index (χ4n) is 9.11. The maximum absolute atomic E-state index is 10.8. The number of aliphatic carboxylic acids is 1. The molecule has 1 N–H and O–H groups in total. The van der Waals surface area contributed by atoms with E-state index in [2.05, 4.69) is 40.7 Å². The van der Waals surface area contributed by atoms with Crippen molar-refractivity contribution in [1.29, 1.82) is 0 Å². The first-order valence-electron chi connectivity index (χ1n) is 14.2. The van der Waals surface area contributed by atoms with Gasteiger partial charge in [-0.2, -0.15) is 0 Å². The zero-order chi connectivity index (χ0) is 23.8. The van der Waals surface area contributed by atoms with Crippen LogP contribution in [0.5, 0.6) is 0 Å². The number of rotatable bonds is 9. The monoisotopic (exact) mass is 458 g/mol. The van der Waals surface area contributed by atoms with Crippen LogP contribution in [0.15, 0.2) is 11.6 Å². The minimum atomic E-state index is -0.760. The number of carbonyl (C=O) groups is 1. The van der Waals surface area contributed by atoms with Crippen molar-refractivity contribution in [3.8, 4) is 0 Å². The van der Waals surface area contributed by atoms with Gasteiger partial charge in [-0.3, -0.25) is 4.79 Å². The van der Waals surface area contributed by atoms with Gasteiger partial charge in [-0.05, 0) is 97.7 Å². The molecule has 8 atom stereocenters. The van der Waals surface area contributed by atoms with Gasteiger partial charge in [-0.25, -0.2) is 0 Å². The molecular formula is C30H50O3. The first-order chi connectivity index (χ1) is 15.6. The van der Waals surface area contributed by atoms with Crippen molar-refractivity contribution in [3.05, 3.63) is 11.6 Å². The minimum absolute atomic E-state index is 0.120. The van der Waals surface area contributed by atoms with E-state index < -0.39 is 5.97 Å². The van der Waals surface area contributed by atoms with Gasteiger partial charge in [0.25, 0.3) is 0 Å². The van der Waals surface area contributed by atoms with Crippen LogP contribution in [0.2, 0.25) is 0 Å². The van der Waals surface area contributed by atoms with Crippen molar-refractivity contribution in [1.82, 2.24) is 0 Å². The predicted octanol–water partition coefficient (Wildman–Crippen LogP) is 7.89. The highest BCUT2D eigenvalue weighted by Crippen LogP contribution is 2.67. The summed E-state index contributed by atoms with van der Waals surface area (Å²) in [4.78, 5) is 10.8. The van der Waals surface area contributed by atoms with Gasteiger partial charge in [-0.1, -0.05) is 65.5 Å². The van der Waals surface area contributed by atoms with Crippen molar-refractivity contribution in [3.63, 3.8) is 0 Å². The number of hydrogen-bond acceptors (Lipinski definition) is 2. The molecule has 4 rings (SSSR count). The standard InChI is InChI=1S/C30H50O3/c1-20(2)7-6-8-21(3)25-11-12-26-24-10-9-22-19-23(33-18-15-28(31)32)13-16-29(22,4)27(24)14-17-30(25,26)5/h9,20-21,23-27H,6-8,10-19H2,1-5H3,(H,31,32). The molecule has 0 heterocycles. The Morgan fingerprint density at radius 3 is 2.61 bits per heavy atom. The fraction of sp³-hybridized carbons (Fsp3) is 0.900. The SMILES string of the molecule is CC(C)CCCC(C)C1CCC2C3CC=C4CC(OCCC(=O)O)CCC4(C)C3CCC12C. The van der Waals surface area contributed by atoms with Crippen molar-refractivity contribution in [2.45, 2.75) is 118 Å². The zero-order valence-corrected chi connectivity index (χ0v) is 22.1. The second-order valence-electron chi connectivity index (χ2n) is 13.2. The van der Waals surface area contributed by atoms with Gasteiger partial charge in [0.1, 0.15) is 0 Å². The molecule has 188 valence electrons. The summed E-state index contributed by atoms with van der Waals surface area (Å²) in [5.74, 6) is 4.49. The van der Waals surface area contributed by atoms with Crippen LogP contribution in [-0.2, 0) is 9.53 Å². The van der Waals surface area contributed by atoms with E-state index in [4.69, 9.17) is 9.84 Å². The largest absolute Gasteiger partial charge is 0.481 e. The van der Waals surface area contributed by atoms with Crippen LogP contribution in [0, 0.1) is 46.3 Å². The Labute approximate surface area is 203 Å². The zero-order valence-electron chi connectivity index (χ0n) is 22.1. The lowest BCUT2D eigenvalue weighted by Gasteiger charge is -2.58. The Kier molecular flexibility index (Phi) is 7.68. The molecule has 0 aliphatic heterocycles. The number of hydrogen-bond donors (Lipinski definition) is 1. The number of fused-ring (bicyclic) bond motifs is 5. The van der Waals surface area contributed by atoms with E-state index in [1.54, 1.807) is 5.57 Å². The normalized spacial score (nSPS) is 41.2. The fourth-order valence-corrected chi connectivity index (χ4v) is 9.11. The van der Waals surface area contributed by atoms with E-state index in [0.29, 0.717) is 17.4 Å². The molecule has 0 aromatic rings. The van der Waals surface area contributed by atoms with Crippen molar-refractivity contribution >= 4 is 5.97 Å². The van der Waals surface area contributed by atoms with E-state index in [-0.39, 0.29) is 12.5 Å². The second kappa shape index (κ2) is 10.0. The molecule has 8 unspecified atom stereocenters. The molecule has 0 aromatic carbocycles. The van der Waals surface area contributed by atoms with Crippen molar-refractivity contribution < 1.29 is 14.6 Å². The number of carboxylic acids is 1. The molecule has 3 nitrogen and oxygen atoms in total. The molecule has 3 saturated carbocycles. The average molecular weight is 459 g/mol. The van der Waals surface area contributed by atoms with Crippen LogP contribution in [0.4, 0.5) is 0 Å². The van der Waals surface area contributed by atoms with Gasteiger partial charge in [0.2, 0.25) is 0 Å². The van der Waals surface area contributed by atoms with Gasteiger partial charge < -0.3 is 9.84 Å². The van der Waals surface area contributed by atoms with Crippen molar-refractivity contribution in [2.24, 2.45) is 46.3 Å². The van der Waals surface area contributed by atoms with Crippen LogP contribution >= 0.6 is 0 Å².